The Hall–Kier alpha value is -2.82. The first-order valence-corrected chi connectivity index (χ1v) is 9.96. The second kappa shape index (κ2) is 8.05. The van der Waals surface area contributed by atoms with Crippen molar-refractivity contribution in [1.29, 1.82) is 0 Å². The molecule has 2 aliphatic heterocycles. The van der Waals surface area contributed by atoms with Crippen molar-refractivity contribution in [3.63, 3.8) is 0 Å². The van der Waals surface area contributed by atoms with E-state index in [2.05, 4.69) is 24.3 Å². The summed E-state index contributed by atoms with van der Waals surface area (Å²) in [6.07, 6.45) is 3.13. The molecule has 2 heterocycles. The van der Waals surface area contributed by atoms with Crippen LogP contribution in [0, 0.1) is 12.8 Å². The fraction of sp³-hybridized carbons (Fsp3) is 0.391. The van der Waals surface area contributed by atoms with Gasteiger partial charge in [-0.1, -0.05) is 36.4 Å². The molecule has 0 N–H and O–H groups in total. The highest BCUT2D eigenvalue weighted by Crippen LogP contribution is 2.33. The van der Waals surface area contributed by atoms with Crippen LogP contribution in [0.15, 0.2) is 48.5 Å². The van der Waals surface area contributed by atoms with Crippen LogP contribution in [0.25, 0.3) is 0 Å². The summed E-state index contributed by atoms with van der Waals surface area (Å²) in [7, 11) is 0. The number of likely N-dealkylation sites (tertiary alicyclic amines) is 1. The van der Waals surface area contributed by atoms with E-state index in [-0.39, 0.29) is 25.0 Å². The number of fused-ring (bicyclic) bond motifs is 1. The minimum atomic E-state index is -0.313. The molecule has 0 saturated carbocycles. The second-order valence-electron chi connectivity index (χ2n) is 7.82. The van der Waals surface area contributed by atoms with E-state index in [9.17, 15) is 9.59 Å². The lowest BCUT2D eigenvalue weighted by molar-refractivity contribution is -0.134. The number of carbonyl (C=O) groups excluding carboxylic acids is 2. The van der Waals surface area contributed by atoms with Crippen LogP contribution in [0.3, 0.4) is 0 Å². The number of aryl methyl sites for hydroxylation is 1. The van der Waals surface area contributed by atoms with Gasteiger partial charge in [0.15, 0.2) is 5.75 Å². The number of benzene rings is 2. The van der Waals surface area contributed by atoms with E-state index >= 15 is 0 Å². The molecule has 0 bridgehead atoms. The first-order valence-electron chi connectivity index (χ1n) is 9.96. The molecule has 2 aliphatic rings. The Bertz CT molecular complexity index is 857. The van der Waals surface area contributed by atoms with Crippen LogP contribution in [-0.4, -0.2) is 43.0 Å². The van der Waals surface area contributed by atoms with Crippen molar-refractivity contribution in [3.8, 4) is 5.75 Å². The minimum Gasteiger partial charge on any atom is -0.423 e. The smallest absolute Gasteiger partial charge is 0.331 e. The number of esters is 1. The van der Waals surface area contributed by atoms with E-state index in [1.165, 1.54) is 5.56 Å². The van der Waals surface area contributed by atoms with Gasteiger partial charge in [-0.3, -0.25) is 4.79 Å². The quantitative estimate of drug-likeness (QED) is 0.606. The Morgan fingerprint density at radius 1 is 1.11 bits per heavy atom. The van der Waals surface area contributed by atoms with Crippen molar-refractivity contribution in [3.05, 3.63) is 59.7 Å². The van der Waals surface area contributed by atoms with Crippen LogP contribution in [0.4, 0.5) is 5.69 Å². The summed E-state index contributed by atoms with van der Waals surface area (Å²) in [5.41, 5.74) is 3.21. The van der Waals surface area contributed by atoms with Crippen LogP contribution in [0.2, 0.25) is 0 Å². The van der Waals surface area contributed by atoms with Gasteiger partial charge < -0.3 is 14.5 Å². The van der Waals surface area contributed by atoms with Crippen molar-refractivity contribution in [2.75, 3.05) is 31.1 Å². The summed E-state index contributed by atoms with van der Waals surface area (Å²) in [5.74, 6) is 0.942. The number of rotatable bonds is 4. The van der Waals surface area contributed by atoms with Gasteiger partial charge in [-0.05, 0) is 55.4 Å². The lowest BCUT2D eigenvalue weighted by atomic mass is 9.90. The molecule has 2 aromatic rings. The van der Waals surface area contributed by atoms with Gasteiger partial charge in [0.05, 0.1) is 12.2 Å². The molecule has 1 saturated heterocycles. The largest absolute Gasteiger partial charge is 0.423 e. The van der Waals surface area contributed by atoms with Crippen molar-refractivity contribution in [1.82, 2.24) is 4.90 Å². The first-order chi connectivity index (χ1) is 13.6. The van der Waals surface area contributed by atoms with Crippen molar-refractivity contribution in [2.24, 2.45) is 5.92 Å². The third-order valence-electron chi connectivity index (χ3n) is 5.66. The Morgan fingerprint density at radius 3 is 2.61 bits per heavy atom. The van der Waals surface area contributed by atoms with Gasteiger partial charge in [0.1, 0.15) is 6.54 Å². The summed E-state index contributed by atoms with van der Waals surface area (Å²) in [6, 6.07) is 16.3. The van der Waals surface area contributed by atoms with Gasteiger partial charge in [-0.15, -0.1) is 0 Å². The average Bonchev–Trinajstić information content (AvgIpc) is 2.69. The lowest BCUT2D eigenvalue weighted by Gasteiger charge is -2.35. The summed E-state index contributed by atoms with van der Waals surface area (Å²) >= 11 is 0. The third kappa shape index (κ3) is 4.19. The molecule has 0 aliphatic carbocycles. The number of nitrogens with zero attached hydrogens (tertiary/aromatic N) is 2. The maximum Gasteiger partial charge on any atom is 0.331 e. The third-order valence-corrected chi connectivity index (χ3v) is 5.66. The second-order valence-corrected chi connectivity index (χ2v) is 7.82. The van der Waals surface area contributed by atoms with E-state index in [1.54, 1.807) is 0 Å². The molecule has 0 unspecified atom stereocenters. The number of ether oxygens (including phenoxy) is 1. The average molecular weight is 378 g/mol. The molecule has 28 heavy (non-hydrogen) atoms. The van der Waals surface area contributed by atoms with E-state index in [1.807, 2.05) is 41.0 Å². The molecule has 0 radical (unpaired) electrons. The summed E-state index contributed by atoms with van der Waals surface area (Å²) in [5, 5.41) is 0. The summed E-state index contributed by atoms with van der Waals surface area (Å²) in [6.45, 7) is 3.86. The molecular formula is C23H26N2O3. The highest BCUT2D eigenvalue weighted by molar-refractivity contribution is 5.89. The normalized spacial score (nSPS) is 17.2. The Labute approximate surface area is 165 Å². The molecule has 0 aromatic heterocycles. The molecule has 5 nitrogen and oxygen atoms in total. The molecule has 1 amide bonds. The predicted molar refractivity (Wildman–Crippen MR) is 108 cm³/mol. The number of amides is 1. The van der Waals surface area contributed by atoms with Crippen molar-refractivity contribution in [2.45, 2.75) is 26.2 Å². The topological polar surface area (TPSA) is 49.9 Å². The summed E-state index contributed by atoms with van der Waals surface area (Å²) in [4.78, 5) is 28.6. The van der Waals surface area contributed by atoms with E-state index < -0.39 is 0 Å². The fourth-order valence-electron chi connectivity index (χ4n) is 4.10. The van der Waals surface area contributed by atoms with Crippen molar-refractivity contribution < 1.29 is 14.3 Å². The maximum atomic E-state index is 12.8. The predicted octanol–water partition coefficient (Wildman–Crippen LogP) is 3.20. The van der Waals surface area contributed by atoms with Crippen LogP contribution < -0.4 is 9.64 Å². The lowest BCUT2D eigenvalue weighted by Crippen LogP contribution is -2.47. The zero-order valence-corrected chi connectivity index (χ0v) is 16.3. The number of anilines is 1. The number of piperidine rings is 1. The number of carbonyl (C=O) groups is 2. The van der Waals surface area contributed by atoms with Gasteiger partial charge in [0.25, 0.3) is 0 Å². The number of hydrogen-bond donors (Lipinski definition) is 0. The molecule has 4 rings (SSSR count). The highest BCUT2D eigenvalue weighted by atomic mass is 16.5. The molecule has 0 atom stereocenters. The van der Waals surface area contributed by atoms with Crippen LogP contribution in [0.1, 0.15) is 24.0 Å². The van der Waals surface area contributed by atoms with Gasteiger partial charge in [-0.2, -0.15) is 0 Å². The van der Waals surface area contributed by atoms with Crippen LogP contribution in [0.5, 0.6) is 5.75 Å². The summed E-state index contributed by atoms with van der Waals surface area (Å²) < 4.78 is 5.34. The molecule has 5 heteroatoms. The van der Waals surface area contributed by atoms with Gasteiger partial charge >= 0.3 is 5.97 Å². The monoisotopic (exact) mass is 378 g/mol. The Kier molecular flexibility index (Phi) is 5.33. The molecule has 0 spiro atoms. The standard InChI is InChI=1S/C23H26N2O3/c1-17-7-8-20-21(13-17)28-23(27)16-25(20)15-22(26)24-11-9-19(10-12-24)14-18-5-3-2-4-6-18/h2-8,13,19H,9-12,14-16H2,1H3. The fourth-order valence-corrected chi connectivity index (χ4v) is 4.10. The Balaban J connectivity index is 1.34. The van der Waals surface area contributed by atoms with Crippen molar-refractivity contribution >= 4 is 17.6 Å². The zero-order chi connectivity index (χ0) is 19.5. The Morgan fingerprint density at radius 2 is 1.86 bits per heavy atom. The van der Waals surface area contributed by atoms with E-state index in [0.717, 1.165) is 43.6 Å². The highest BCUT2D eigenvalue weighted by Gasteiger charge is 2.29. The van der Waals surface area contributed by atoms with E-state index in [0.29, 0.717) is 11.7 Å². The minimum absolute atomic E-state index is 0.0828. The van der Waals surface area contributed by atoms with Crippen LogP contribution in [-0.2, 0) is 16.0 Å². The first kappa shape index (κ1) is 18.5. The van der Waals surface area contributed by atoms with Gasteiger partial charge in [-0.25, -0.2) is 4.79 Å². The SMILES string of the molecule is Cc1ccc2c(c1)OC(=O)CN2CC(=O)N1CCC(Cc2ccccc2)CC1. The van der Waals surface area contributed by atoms with E-state index in [4.69, 9.17) is 4.74 Å². The molecule has 146 valence electrons. The molecule has 1 fully saturated rings. The maximum absolute atomic E-state index is 12.8. The van der Waals surface area contributed by atoms with Gasteiger partial charge in [0, 0.05) is 13.1 Å². The molecular weight excluding hydrogens is 352 g/mol. The molecule has 2 aromatic carbocycles. The number of hydrogen-bond acceptors (Lipinski definition) is 4. The zero-order valence-electron chi connectivity index (χ0n) is 16.3. The van der Waals surface area contributed by atoms with Gasteiger partial charge in [0.2, 0.25) is 5.91 Å². The van der Waals surface area contributed by atoms with Crippen LogP contribution >= 0.6 is 0 Å².